The van der Waals surface area contributed by atoms with Gasteiger partial charge in [-0.05, 0) is 17.6 Å². The maximum atomic E-state index is 11.9. The number of nitrogens with one attached hydrogen (secondary N) is 1. The highest BCUT2D eigenvalue weighted by molar-refractivity contribution is 7.99. The minimum Gasteiger partial charge on any atom is -0.468 e. The normalized spacial score (nSPS) is 13.8. The Labute approximate surface area is 142 Å². The molecule has 0 fully saturated rings. The number of ether oxygens (including phenoxy) is 2. The van der Waals surface area contributed by atoms with Crippen molar-refractivity contribution in [3.8, 4) is 0 Å². The van der Waals surface area contributed by atoms with E-state index in [1.807, 2.05) is 20.8 Å². The molecular weight excluding hydrogens is 320 g/mol. The molecule has 0 aliphatic heterocycles. The van der Waals surface area contributed by atoms with Crippen molar-refractivity contribution in [3.63, 3.8) is 0 Å². The molecule has 23 heavy (non-hydrogen) atoms. The molecule has 2 atom stereocenters. The van der Waals surface area contributed by atoms with E-state index in [-0.39, 0.29) is 11.3 Å². The Morgan fingerprint density at radius 2 is 1.70 bits per heavy atom. The highest BCUT2D eigenvalue weighted by Gasteiger charge is 2.24. The first-order chi connectivity index (χ1) is 10.6. The van der Waals surface area contributed by atoms with Crippen LogP contribution >= 0.6 is 11.8 Å². The largest absolute Gasteiger partial charge is 0.468 e. The van der Waals surface area contributed by atoms with E-state index < -0.39 is 24.0 Å². The fraction of sp³-hybridized carbons (Fsp3) is 0.800. The van der Waals surface area contributed by atoms with Crippen LogP contribution in [-0.2, 0) is 23.9 Å². The van der Waals surface area contributed by atoms with Gasteiger partial charge in [-0.1, -0.05) is 20.8 Å². The first-order valence-corrected chi connectivity index (χ1v) is 8.54. The van der Waals surface area contributed by atoms with Crippen molar-refractivity contribution in [2.45, 2.75) is 45.7 Å². The molecule has 1 amide bonds. The van der Waals surface area contributed by atoms with E-state index in [0.717, 1.165) is 0 Å². The quantitative estimate of drug-likeness (QED) is 0.466. The Morgan fingerprint density at radius 3 is 2.17 bits per heavy atom. The van der Waals surface area contributed by atoms with E-state index in [1.54, 1.807) is 0 Å². The lowest BCUT2D eigenvalue weighted by atomic mass is 9.92. The average Bonchev–Trinajstić information content (AvgIpc) is 2.46. The van der Waals surface area contributed by atoms with Crippen molar-refractivity contribution < 1.29 is 23.9 Å². The highest BCUT2D eigenvalue weighted by Crippen LogP contribution is 2.18. The van der Waals surface area contributed by atoms with Crippen molar-refractivity contribution in [1.29, 1.82) is 0 Å². The van der Waals surface area contributed by atoms with Crippen LogP contribution in [0.25, 0.3) is 0 Å². The van der Waals surface area contributed by atoms with Crippen molar-refractivity contribution >= 4 is 29.6 Å². The molecule has 0 bridgehead atoms. The molecule has 0 aromatic heterocycles. The zero-order chi connectivity index (χ0) is 18.0. The lowest BCUT2D eigenvalue weighted by Crippen LogP contribution is -2.44. The summed E-state index contributed by atoms with van der Waals surface area (Å²) in [6.45, 7) is 5.84. The molecule has 8 heteroatoms. The van der Waals surface area contributed by atoms with Crippen LogP contribution in [-0.4, -0.2) is 55.7 Å². The summed E-state index contributed by atoms with van der Waals surface area (Å²) in [4.78, 5) is 34.9. The predicted octanol–water partition coefficient (Wildman–Crippen LogP) is 0.704. The van der Waals surface area contributed by atoms with Crippen molar-refractivity contribution in [2.75, 3.05) is 25.7 Å². The van der Waals surface area contributed by atoms with Crippen LogP contribution in [0.15, 0.2) is 0 Å². The van der Waals surface area contributed by atoms with E-state index in [1.165, 1.54) is 26.0 Å². The van der Waals surface area contributed by atoms with E-state index in [2.05, 4.69) is 10.1 Å². The Kier molecular flexibility index (Phi) is 9.90. The Morgan fingerprint density at radius 1 is 1.13 bits per heavy atom. The Balaban J connectivity index is 4.34. The van der Waals surface area contributed by atoms with Crippen LogP contribution in [0, 0.1) is 5.41 Å². The fourth-order valence-electron chi connectivity index (χ4n) is 1.72. The minimum absolute atomic E-state index is 0.162. The number of hydrogen-bond donors (Lipinski definition) is 2. The summed E-state index contributed by atoms with van der Waals surface area (Å²) in [5.41, 5.74) is 5.47. The molecule has 3 N–H and O–H groups in total. The SMILES string of the molecule is COC(=O)[C@H](CSCC[C@H](N)C(=O)OC)NC(=O)CC(C)(C)C. The van der Waals surface area contributed by atoms with Crippen LogP contribution in [0.4, 0.5) is 0 Å². The lowest BCUT2D eigenvalue weighted by molar-refractivity contribution is -0.144. The second-order valence-corrected chi connectivity index (χ2v) is 7.52. The fourth-order valence-corrected chi connectivity index (χ4v) is 2.76. The van der Waals surface area contributed by atoms with Gasteiger partial charge < -0.3 is 20.5 Å². The standard InChI is InChI=1S/C15H28N2O5S/c1-15(2,3)8-12(18)17-11(14(20)22-5)9-23-7-6-10(16)13(19)21-4/h10-11H,6-9,16H2,1-5H3,(H,17,18)/t10-,11-/m0/s1. The number of nitrogens with two attached hydrogens (primary N) is 1. The van der Waals surface area contributed by atoms with Gasteiger partial charge in [0.1, 0.15) is 12.1 Å². The number of hydrogen-bond acceptors (Lipinski definition) is 7. The molecule has 0 radical (unpaired) electrons. The van der Waals surface area contributed by atoms with Crippen molar-refractivity contribution in [1.82, 2.24) is 5.32 Å². The molecule has 0 saturated carbocycles. The van der Waals surface area contributed by atoms with Crippen molar-refractivity contribution in [3.05, 3.63) is 0 Å². The molecule has 7 nitrogen and oxygen atoms in total. The van der Waals surface area contributed by atoms with Gasteiger partial charge in [0.2, 0.25) is 5.91 Å². The number of rotatable bonds is 9. The smallest absolute Gasteiger partial charge is 0.329 e. The summed E-state index contributed by atoms with van der Waals surface area (Å²) in [5.74, 6) is -0.222. The maximum Gasteiger partial charge on any atom is 0.329 e. The molecule has 0 unspecified atom stereocenters. The first kappa shape index (κ1) is 21.7. The molecule has 0 rings (SSSR count). The van der Waals surface area contributed by atoms with Gasteiger partial charge in [-0.15, -0.1) is 0 Å². The molecule has 0 heterocycles. The zero-order valence-electron chi connectivity index (χ0n) is 14.5. The summed E-state index contributed by atoms with van der Waals surface area (Å²) in [6, 6.07) is -1.39. The molecule has 0 aliphatic carbocycles. The summed E-state index contributed by atoms with van der Waals surface area (Å²) >= 11 is 1.42. The van der Waals surface area contributed by atoms with Gasteiger partial charge in [-0.25, -0.2) is 4.79 Å². The molecule has 0 aromatic rings. The predicted molar refractivity (Wildman–Crippen MR) is 90.0 cm³/mol. The molecule has 0 aliphatic rings. The van der Waals surface area contributed by atoms with Crippen molar-refractivity contribution in [2.24, 2.45) is 11.1 Å². The second kappa shape index (κ2) is 10.5. The minimum atomic E-state index is -0.714. The lowest BCUT2D eigenvalue weighted by Gasteiger charge is -2.21. The van der Waals surface area contributed by atoms with E-state index in [4.69, 9.17) is 10.5 Å². The number of esters is 2. The van der Waals surface area contributed by atoms with Gasteiger partial charge in [0.25, 0.3) is 0 Å². The molecule has 0 saturated heterocycles. The average molecular weight is 348 g/mol. The van der Waals surface area contributed by atoms with Crippen LogP contribution in [0.3, 0.4) is 0 Å². The third-order valence-corrected chi connectivity index (χ3v) is 3.97. The van der Waals surface area contributed by atoms with Crippen LogP contribution < -0.4 is 11.1 Å². The maximum absolute atomic E-state index is 11.9. The van der Waals surface area contributed by atoms with E-state index in [9.17, 15) is 14.4 Å². The number of amides is 1. The Bertz CT molecular complexity index is 409. The number of carbonyl (C=O) groups is 3. The number of carbonyl (C=O) groups excluding carboxylic acids is 3. The summed E-state index contributed by atoms with van der Waals surface area (Å²) < 4.78 is 9.25. The molecule has 134 valence electrons. The van der Waals surface area contributed by atoms with Gasteiger partial charge in [-0.2, -0.15) is 11.8 Å². The number of methoxy groups -OCH3 is 2. The van der Waals surface area contributed by atoms with Crippen LogP contribution in [0.2, 0.25) is 0 Å². The van der Waals surface area contributed by atoms with Crippen LogP contribution in [0.1, 0.15) is 33.6 Å². The molecule has 0 aromatic carbocycles. The van der Waals surface area contributed by atoms with E-state index in [0.29, 0.717) is 24.3 Å². The summed E-state index contributed by atoms with van der Waals surface area (Å²) in [7, 11) is 2.57. The topological polar surface area (TPSA) is 108 Å². The molecular formula is C15H28N2O5S. The summed E-state index contributed by atoms with van der Waals surface area (Å²) in [5, 5.41) is 2.69. The van der Waals surface area contributed by atoms with Gasteiger partial charge in [0, 0.05) is 12.2 Å². The monoisotopic (exact) mass is 348 g/mol. The molecule has 0 spiro atoms. The summed E-state index contributed by atoms with van der Waals surface area (Å²) in [6.07, 6.45) is 0.750. The van der Waals surface area contributed by atoms with Crippen LogP contribution in [0.5, 0.6) is 0 Å². The van der Waals surface area contributed by atoms with Gasteiger partial charge in [-0.3, -0.25) is 9.59 Å². The van der Waals surface area contributed by atoms with Gasteiger partial charge in [0.15, 0.2) is 0 Å². The van der Waals surface area contributed by atoms with Gasteiger partial charge in [0.05, 0.1) is 14.2 Å². The zero-order valence-corrected chi connectivity index (χ0v) is 15.3. The van der Waals surface area contributed by atoms with E-state index >= 15 is 0 Å². The Hall–Kier alpha value is -1.28. The first-order valence-electron chi connectivity index (χ1n) is 7.39. The third kappa shape index (κ3) is 10.2. The number of thioether (sulfide) groups is 1. The second-order valence-electron chi connectivity index (χ2n) is 6.37. The highest BCUT2D eigenvalue weighted by atomic mass is 32.2. The third-order valence-electron chi connectivity index (χ3n) is 2.87. The van der Waals surface area contributed by atoms with Gasteiger partial charge >= 0.3 is 11.9 Å².